The van der Waals surface area contributed by atoms with Gasteiger partial charge in [-0.3, -0.25) is 18.6 Å². The second kappa shape index (κ2) is 40.9. The Bertz CT molecular complexity index is 1040. The number of likely N-dealkylation sites (N-methyl/N-ethyl adjacent to an activating group) is 1. The monoisotopic (exact) mass is 843 g/mol. The minimum absolute atomic E-state index is 0.0277. The van der Waals surface area contributed by atoms with Crippen molar-refractivity contribution in [2.75, 3.05) is 47.5 Å². The zero-order valence-electron chi connectivity index (χ0n) is 38.5. The van der Waals surface area contributed by atoms with Crippen molar-refractivity contribution in [1.29, 1.82) is 0 Å². The molecular weight excluding hydrogens is 750 g/mol. The van der Waals surface area contributed by atoms with E-state index in [1.54, 1.807) is 0 Å². The van der Waals surface area contributed by atoms with Crippen LogP contribution in [0.25, 0.3) is 0 Å². The molecule has 1 N–H and O–H groups in total. The lowest BCUT2D eigenvalue weighted by Crippen LogP contribution is -2.37. The van der Waals surface area contributed by atoms with Crippen molar-refractivity contribution >= 4 is 19.8 Å². The fraction of sp³-hybridized carbons (Fsp3) is 0.875. The molecule has 0 fully saturated rings. The highest BCUT2D eigenvalue weighted by Crippen LogP contribution is 2.43. The maximum absolute atomic E-state index is 12.6. The number of unbranched alkanes of at least 4 members (excludes halogenated alkanes) is 26. The van der Waals surface area contributed by atoms with E-state index in [1.165, 1.54) is 128 Å². The van der Waals surface area contributed by atoms with Gasteiger partial charge >= 0.3 is 19.8 Å². The first-order chi connectivity index (χ1) is 28.0. The van der Waals surface area contributed by atoms with Crippen LogP contribution in [-0.4, -0.2) is 74.9 Å². The fourth-order valence-corrected chi connectivity index (χ4v) is 7.39. The summed E-state index contributed by atoms with van der Waals surface area (Å²) in [5, 5.41) is 0. The molecule has 0 bridgehead atoms. The molecular formula is C48H93NO8P+. The number of hydrogen-bond donors (Lipinski definition) is 1. The smallest absolute Gasteiger partial charge is 0.462 e. The van der Waals surface area contributed by atoms with Gasteiger partial charge in [0.15, 0.2) is 6.10 Å². The molecule has 10 heteroatoms. The summed E-state index contributed by atoms with van der Waals surface area (Å²) in [6.45, 7) is 4.36. The molecule has 342 valence electrons. The van der Waals surface area contributed by atoms with Crippen molar-refractivity contribution < 1.29 is 42.1 Å². The van der Waals surface area contributed by atoms with Crippen LogP contribution in [0.1, 0.15) is 219 Å². The van der Waals surface area contributed by atoms with E-state index >= 15 is 0 Å². The molecule has 0 heterocycles. The molecule has 0 aliphatic rings. The highest BCUT2D eigenvalue weighted by Gasteiger charge is 2.27. The molecule has 0 aromatic rings. The Morgan fingerprint density at radius 2 is 0.914 bits per heavy atom. The Kier molecular flexibility index (Phi) is 39.8. The Hall–Kier alpha value is -1.51. The normalized spacial score (nSPS) is 13.7. The van der Waals surface area contributed by atoms with E-state index in [0.717, 1.165) is 51.4 Å². The fourth-order valence-electron chi connectivity index (χ4n) is 6.65. The van der Waals surface area contributed by atoms with Crippen LogP contribution in [0.5, 0.6) is 0 Å². The van der Waals surface area contributed by atoms with Crippen LogP contribution >= 0.6 is 7.82 Å². The van der Waals surface area contributed by atoms with Gasteiger partial charge in [-0.1, -0.05) is 179 Å². The third-order valence-corrected chi connectivity index (χ3v) is 11.4. The number of allylic oxidation sites excluding steroid dienone is 4. The van der Waals surface area contributed by atoms with E-state index in [2.05, 4.69) is 38.2 Å². The van der Waals surface area contributed by atoms with Gasteiger partial charge in [-0.05, 0) is 51.4 Å². The SMILES string of the molecule is CCCC/C=C/CCCCCCCC(=O)O[C@@H](COC(=O)CCC/C=C/CCCCCCCCCCCCCCCCCCCC)COP(=O)(O)OCC[N+](C)(C)C. The molecule has 0 radical (unpaired) electrons. The van der Waals surface area contributed by atoms with Gasteiger partial charge in [0.1, 0.15) is 19.8 Å². The van der Waals surface area contributed by atoms with Crippen LogP contribution in [0.2, 0.25) is 0 Å². The highest BCUT2D eigenvalue weighted by molar-refractivity contribution is 7.47. The average molecular weight is 843 g/mol. The molecule has 1 unspecified atom stereocenters. The second-order valence-corrected chi connectivity index (χ2v) is 18.9. The Labute approximate surface area is 358 Å². The van der Waals surface area contributed by atoms with E-state index in [-0.39, 0.29) is 26.1 Å². The van der Waals surface area contributed by atoms with Crippen LogP contribution in [0.3, 0.4) is 0 Å². The van der Waals surface area contributed by atoms with Crippen LogP contribution < -0.4 is 0 Å². The summed E-state index contributed by atoms with van der Waals surface area (Å²) in [6, 6.07) is 0. The molecule has 0 rings (SSSR count). The molecule has 9 nitrogen and oxygen atoms in total. The summed E-state index contributed by atoms with van der Waals surface area (Å²) in [5.74, 6) is -0.841. The van der Waals surface area contributed by atoms with Gasteiger partial charge in [-0.2, -0.15) is 0 Å². The standard InChI is InChI=1S/C48H92NO8P/c1-6-8-10-12-14-16-18-19-20-21-22-23-24-25-26-27-28-29-31-32-34-36-38-40-47(50)54-44-46(45-56-58(52,53)55-43-42-49(3,4)5)57-48(51)41-39-37-35-33-30-17-15-13-11-9-7-2/h13,15,32,34,46H,6-12,14,16-31,33,35-45H2,1-5H3/p+1/b15-13+,34-32+/t46-/m0/s1. The Morgan fingerprint density at radius 3 is 1.38 bits per heavy atom. The lowest BCUT2D eigenvalue weighted by Gasteiger charge is -2.24. The summed E-state index contributed by atoms with van der Waals surface area (Å²) in [7, 11) is 1.46. The maximum atomic E-state index is 12.6. The zero-order chi connectivity index (χ0) is 42.8. The van der Waals surface area contributed by atoms with Crippen molar-refractivity contribution in [2.24, 2.45) is 0 Å². The summed E-state index contributed by atoms with van der Waals surface area (Å²) in [5.41, 5.74) is 0. The summed E-state index contributed by atoms with van der Waals surface area (Å²) in [6.07, 6.45) is 45.4. The van der Waals surface area contributed by atoms with Gasteiger partial charge in [0.25, 0.3) is 0 Å². The molecule has 0 spiro atoms. The summed E-state index contributed by atoms with van der Waals surface area (Å²) < 4.78 is 34.3. The largest absolute Gasteiger partial charge is 0.472 e. The third kappa shape index (κ3) is 44.1. The molecule has 0 aliphatic heterocycles. The predicted molar refractivity (Wildman–Crippen MR) is 243 cm³/mol. The second-order valence-electron chi connectivity index (χ2n) is 17.5. The van der Waals surface area contributed by atoms with Crippen molar-refractivity contribution in [3.05, 3.63) is 24.3 Å². The quantitative estimate of drug-likeness (QED) is 0.0212. The molecule has 0 saturated heterocycles. The number of carbonyl (C=O) groups excluding carboxylic acids is 2. The van der Waals surface area contributed by atoms with E-state index in [4.69, 9.17) is 18.5 Å². The average Bonchev–Trinajstić information content (AvgIpc) is 3.17. The van der Waals surface area contributed by atoms with Crippen LogP contribution in [-0.2, 0) is 32.7 Å². The first-order valence-corrected chi connectivity index (χ1v) is 25.6. The first kappa shape index (κ1) is 56.5. The van der Waals surface area contributed by atoms with Crippen LogP contribution in [0.4, 0.5) is 0 Å². The van der Waals surface area contributed by atoms with Gasteiger partial charge in [-0.25, -0.2) is 4.57 Å². The number of phosphoric acid groups is 1. The zero-order valence-corrected chi connectivity index (χ0v) is 39.4. The molecule has 0 amide bonds. The lowest BCUT2D eigenvalue weighted by molar-refractivity contribution is -0.870. The molecule has 0 saturated carbocycles. The number of esters is 2. The number of rotatable bonds is 44. The molecule has 0 aliphatic carbocycles. The summed E-state index contributed by atoms with van der Waals surface area (Å²) in [4.78, 5) is 35.3. The van der Waals surface area contributed by atoms with Crippen molar-refractivity contribution in [3.63, 3.8) is 0 Å². The van der Waals surface area contributed by atoms with Gasteiger partial charge in [0, 0.05) is 12.8 Å². The van der Waals surface area contributed by atoms with E-state index in [1.807, 2.05) is 21.1 Å². The van der Waals surface area contributed by atoms with Crippen molar-refractivity contribution in [2.45, 2.75) is 225 Å². The van der Waals surface area contributed by atoms with Crippen molar-refractivity contribution in [1.82, 2.24) is 0 Å². The third-order valence-electron chi connectivity index (χ3n) is 10.5. The maximum Gasteiger partial charge on any atom is 0.472 e. The van der Waals surface area contributed by atoms with Gasteiger partial charge in [0.2, 0.25) is 0 Å². The van der Waals surface area contributed by atoms with E-state index < -0.39 is 32.5 Å². The topological polar surface area (TPSA) is 108 Å². The Morgan fingerprint density at radius 1 is 0.517 bits per heavy atom. The minimum Gasteiger partial charge on any atom is -0.462 e. The number of ether oxygens (including phenoxy) is 2. The number of nitrogens with zero attached hydrogens (tertiary/aromatic N) is 1. The van der Waals surface area contributed by atoms with E-state index in [9.17, 15) is 19.0 Å². The molecule has 0 aromatic heterocycles. The number of quaternary nitrogens is 1. The van der Waals surface area contributed by atoms with Gasteiger partial charge in [0.05, 0.1) is 27.7 Å². The molecule has 58 heavy (non-hydrogen) atoms. The first-order valence-electron chi connectivity index (χ1n) is 24.1. The summed E-state index contributed by atoms with van der Waals surface area (Å²) >= 11 is 0. The number of hydrogen-bond acceptors (Lipinski definition) is 7. The molecule has 2 atom stereocenters. The van der Waals surface area contributed by atoms with Gasteiger partial charge in [-0.15, -0.1) is 0 Å². The molecule has 0 aromatic carbocycles. The number of phosphoric ester groups is 1. The van der Waals surface area contributed by atoms with Crippen LogP contribution in [0.15, 0.2) is 24.3 Å². The lowest BCUT2D eigenvalue weighted by atomic mass is 10.0. The Balaban J connectivity index is 4.20. The van der Waals surface area contributed by atoms with Gasteiger partial charge < -0.3 is 18.9 Å². The highest BCUT2D eigenvalue weighted by atomic mass is 31.2. The minimum atomic E-state index is -4.38. The van der Waals surface area contributed by atoms with Crippen LogP contribution in [0, 0.1) is 0 Å². The van der Waals surface area contributed by atoms with Crippen molar-refractivity contribution in [3.8, 4) is 0 Å². The number of carbonyl (C=O) groups is 2. The predicted octanol–water partition coefficient (Wildman–Crippen LogP) is 13.9. The van der Waals surface area contributed by atoms with E-state index in [0.29, 0.717) is 23.9 Å².